The fourth-order valence-electron chi connectivity index (χ4n) is 4.04. The van der Waals surface area contributed by atoms with Crippen molar-refractivity contribution in [3.8, 4) is 0 Å². The van der Waals surface area contributed by atoms with Crippen molar-refractivity contribution in [1.29, 1.82) is 0 Å². The highest BCUT2D eigenvalue weighted by atomic mass is 32.1. The zero-order chi connectivity index (χ0) is 14.9. The molecule has 2 nitrogen and oxygen atoms in total. The summed E-state index contributed by atoms with van der Waals surface area (Å²) in [5.41, 5.74) is 1.35. The van der Waals surface area contributed by atoms with Crippen molar-refractivity contribution in [2.75, 3.05) is 13.1 Å². The lowest BCUT2D eigenvalue weighted by Crippen LogP contribution is -2.37. The van der Waals surface area contributed by atoms with Crippen molar-refractivity contribution >= 4 is 21.4 Å². The molecular weight excluding hydrogens is 290 g/mol. The van der Waals surface area contributed by atoms with E-state index < -0.39 is 0 Å². The number of hydrogen-bond donors (Lipinski definition) is 0. The lowest BCUT2D eigenvalue weighted by molar-refractivity contribution is 0.187. The van der Waals surface area contributed by atoms with Crippen molar-refractivity contribution < 1.29 is 0 Å². The van der Waals surface area contributed by atoms with Crippen molar-refractivity contribution in [3.63, 3.8) is 0 Å². The van der Waals surface area contributed by atoms with Gasteiger partial charge in [-0.2, -0.15) is 0 Å². The first-order valence-electron chi connectivity index (χ1n) is 8.57. The molecule has 2 aliphatic rings. The third-order valence-electron chi connectivity index (χ3n) is 5.25. The van der Waals surface area contributed by atoms with Gasteiger partial charge in [-0.1, -0.05) is 31.4 Å². The van der Waals surface area contributed by atoms with Crippen LogP contribution in [0.1, 0.15) is 42.5 Å². The third-order valence-corrected chi connectivity index (χ3v) is 6.53. The van der Waals surface area contributed by atoms with Gasteiger partial charge in [0.15, 0.2) is 5.43 Å². The van der Waals surface area contributed by atoms with Crippen LogP contribution in [0.5, 0.6) is 0 Å². The van der Waals surface area contributed by atoms with Crippen LogP contribution < -0.4 is 5.43 Å². The van der Waals surface area contributed by atoms with Gasteiger partial charge >= 0.3 is 0 Å². The molecule has 2 aromatic rings. The first kappa shape index (κ1) is 14.4. The molecule has 116 valence electrons. The highest BCUT2D eigenvalue weighted by molar-refractivity contribution is 7.18. The van der Waals surface area contributed by atoms with E-state index in [0.717, 1.165) is 41.1 Å². The van der Waals surface area contributed by atoms with E-state index >= 15 is 0 Å². The maximum absolute atomic E-state index is 12.8. The SMILES string of the molecule is O=c1c2c(sc3ccccc13)CCN(CC1CCCCC1)C2. The van der Waals surface area contributed by atoms with Gasteiger partial charge in [0.05, 0.1) is 0 Å². The molecule has 1 saturated carbocycles. The van der Waals surface area contributed by atoms with Crippen LogP contribution in [0.3, 0.4) is 0 Å². The maximum Gasteiger partial charge on any atom is 0.192 e. The molecule has 0 radical (unpaired) electrons. The molecule has 22 heavy (non-hydrogen) atoms. The minimum atomic E-state index is 0.276. The third kappa shape index (κ3) is 2.72. The van der Waals surface area contributed by atoms with E-state index in [-0.39, 0.29) is 5.43 Å². The van der Waals surface area contributed by atoms with Crippen LogP contribution in [0.2, 0.25) is 0 Å². The number of fused-ring (bicyclic) bond motifs is 2. The minimum Gasteiger partial charge on any atom is -0.298 e. The van der Waals surface area contributed by atoms with Gasteiger partial charge in [-0.05, 0) is 37.3 Å². The molecular formula is C19H23NOS. The number of benzene rings is 1. The zero-order valence-corrected chi connectivity index (χ0v) is 13.8. The Morgan fingerprint density at radius 1 is 1.14 bits per heavy atom. The summed E-state index contributed by atoms with van der Waals surface area (Å²) in [4.78, 5) is 16.6. The molecule has 0 saturated heterocycles. The predicted octanol–water partition coefficient (Wildman–Crippen LogP) is 4.20. The van der Waals surface area contributed by atoms with E-state index in [0.29, 0.717) is 0 Å². The quantitative estimate of drug-likeness (QED) is 0.828. The largest absolute Gasteiger partial charge is 0.298 e. The Morgan fingerprint density at radius 2 is 1.95 bits per heavy atom. The molecule has 3 heteroatoms. The first-order valence-corrected chi connectivity index (χ1v) is 9.39. The minimum absolute atomic E-state index is 0.276. The van der Waals surface area contributed by atoms with Crippen LogP contribution in [-0.4, -0.2) is 18.0 Å². The van der Waals surface area contributed by atoms with Crippen LogP contribution in [0.15, 0.2) is 29.1 Å². The van der Waals surface area contributed by atoms with E-state index in [1.54, 1.807) is 0 Å². The summed E-state index contributed by atoms with van der Waals surface area (Å²) >= 11 is 1.82. The fraction of sp³-hybridized carbons (Fsp3) is 0.526. The van der Waals surface area contributed by atoms with E-state index in [1.807, 2.05) is 29.5 Å². The Morgan fingerprint density at radius 3 is 2.82 bits per heavy atom. The molecule has 1 aliphatic carbocycles. The summed E-state index contributed by atoms with van der Waals surface area (Å²) in [7, 11) is 0. The summed E-state index contributed by atoms with van der Waals surface area (Å²) < 4.78 is 1.15. The monoisotopic (exact) mass is 313 g/mol. The topological polar surface area (TPSA) is 20.3 Å². The van der Waals surface area contributed by atoms with Gasteiger partial charge in [0, 0.05) is 40.2 Å². The molecule has 0 amide bonds. The van der Waals surface area contributed by atoms with Crippen molar-refractivity contribution in [3.05, 3.63) is 44.9 Å². The van der Waals surface area contributed by atoms with Crippen molar-refractivity contribution in [2.24, 2.45) is 5.92 Å². The molecule has 0 spiro atoms. The first-order chi connectivity index (χ1) is 10.8. The van der Waals surface area contributed by atoms with Gasteiger partial charge in [0.2, 0.25) is 0 Å². The molecule has 0 N–H and O–H groups in total. The lowest BCUT2D eigenvalue weighted by Gasteiger charge is -2.32. The van der Waals surface area contributed by atoms with Gasteiger partial charge in [0.1, 0.15) is 0 Å². The van der Waals surface area contributed by atoms with Crippen LogP contribution >= 0.6 is 11.3 Å². The van der Waals surface area contributed by atoms with Gasteiger partial charge < -0.3 is 0 Å². The molecule has 4 rings (SSSR count). The maximum atomic E-state index is 12.8. The van der Waals surface area contributed by atoms with Crippen molar-refractivity contribution in [1.82, 2.24) is 4.90 Å². The highest BCUT2D eigenvalue weighted by Gasteiger charge is 2.24. The Hall–Kier alpha value is -1.19. The van der Waals surface area contributed by atoms with E-state index in [1.165, 1.54) is 43.5 Å². The second kappa shape index (κ2) is 6.13. The van der Waals surface area contributed by atoms with Gasteiger partial charge in [0.25, 0.3) is 0 Å². The average Bonchev–Trinajstić information content (AvgIpc) is 2.57. The molecule has 1 aliphatic heterocycles. The predicted molar refractivity (Wildman–Crippen MR) is 93.7 cm³/mol. The Kier molecular flexibility index (Phi) is 4.01. The van der Waals surface area contributed by atoms with Crippen LogP contribution in [0.25, 0.3) is 10.1 Å². The Balaban J connectivity index is 1.59. The van der Waals surface area contributed by atoms with E-state index in [4.69, 9.17) is 0 Å². The summed E-state index contributed by atoms with van der Waals surface area (Å²) in [5.74, 6) is 0.856. The molecule has 1 aromatic heterocycles. The Bertz CT molecular complexity index is 730. The average molecular weight is 313 g/mol. The molecule has 0 bridgehead atoms. The smallest absolute Gasteiger partial charge is 0.192 e. The summed E-state index contributed by atoms with van der Waals surface area (Å²) in [6.45, 7) is 3.18. The van der Waals surface area contributed by atoms with Gasteiger partial charge in [-0.3, -0.25) is 9.69 Å². The van der Waals surface area contributed by atoms with Gasteiger partial charge in [-0.25, -0.2) is 0 Å². The van der Waals surface area contributed by atoms with Gasteiger partial charge in [-0.15, -0.1) is 11.3 Å². The fourth-order valence-corrected chi connectivity index (χ4v) is 5.20. The Labute approximate surface area is 135 Å². The van der Waals surface area contributed by atoms with Crippen molar-refractivity contribution in [2.45, 2.75) is 45.1 Å². The summed E-state index contributed by atoms with van der Waals surface area (Å²) in [6.07, 6.45) is 8.02. The molecule has 2 heterocycles. The van der Waals surface area contributed by atoms with Crippen LogP contribution in [0.4, 0.5) is 0 Å². The van der Waals surface area contributed by atoms with Crippen LogP contribution in [0, 0.1) is 5.92 Å². The summed E-state index contributed by atoms with van der Waals surface area (Å²) in [6, 6.07) is 8.07. The molecule has 0 atom stereocenters. The number of hydrogen-bond acceptors (Lipinski definition) is 3. The van der Waals surface area contributed by atoms with E-state index in [2.05, 4.69) is 11.0 Å². The summed E-state index contributed by atoms with van der Waals surface area (Å²) in [5, 5.41) is 0.908. The molecule has 0 unspecified atom stereocenters. The standard InChI is InChI=1S/C19H23NOS/c21-19-15-8-4-5-9-17(15)22-18-10-11-20(13-16(18)19)12-14-6-2-1-3-7-14/h4-5,8-9,14H,1-3,6-7,10-13H2. The zero-order valence-electron chi connectivity index (χ0n) is 13.0. The number of rotatable bonds is 2. The molecule has 1 aromatic carbocycles. The van der Waals surface area contributed by atoms with E-state index in [9.17, 15) is 4.79 Å². The van der Waals surface area contributed by atoms with Crippen LogP contribution in [-0.2, 0) is 13.0 Å². The second-order valence-corrected chi connectivity index (χ2v) is 7.95. The highest BCUT2D eigenvalue weighted by Crippen LogP contribution is 2.29. The normalized spacial score (nSPS) is 20.2. The lowest BCUT2D eigenvalue weighted by atomic mass is 9.88. The molecule has 1 fully saturated rings. The second-order valence-electron chi connectivity index (χ2n) is 6.82. The number of nitrogens with zero attached hydrogens (tertiary/aromatic N) is 1.